The zero-order valence-corrected chi connectivity index (χ0v) is 17.0. The Kier molecular flexibility index (Phi) is 7.98. The van der Waals surface area contributed by atoms with Gasteiger partial charge in [0.2, 0.25) is 0 Å². The van der Waals surface area contributed by atoms with Crippen LogP contribution in [0.5, 0.6) is 5.75 Å². The standard InChI is InChI=1S/C25H26FNO3/c1-2-29-25(28)16-24(21-11-13-22(26)14-12-21)27-17-20-9-6-10-23(15-20)30-18-19-7-4-3-5-8-19/h3-15,24,27H,2,16-18H2,1H3. The van der Waals surface area contributed by atoms with Crippen LogP contribution in [0.25, 0.3) is 0 Å². The zero-order valence-electron chi connectivity index (χ0n) is 17.0. The average Bonchev–Trinajstić information content (AvgIpc) is 2.77. The molecule has 0 spiro atoms. The molecule has 5 heteroatoms. The van der Waals surface area contributed by atoms with Crippen LogP contribution in [-0.4, -0.2) is 12.6 Å². The molecule has 3 aromatic rings. The monoisotopic (exact) mass is 407 g/mol. The van der Waals surface area contributed by atoms with E-state index in [1.807, 2.05) is 54.6 Å². The molecule has 30 heavy (non-hydrogen) atoms. The van der Waals surface area contributed by atoms with Crippen molar-refractivity contribution in [1.82, 2.24) is 5.32 Å². The van der Waals surface area contributed by atoms with E-state index in [0.717, 1.165) is 22.4 Å². The molecule has 0 saturated carbocycles. The fraction of sp³-hybridized carbons (Fsp3) is 0.240. The van der Waals surface area contributed by atoms with Gasteiger partial charge in [-0.15, -0.1) is 0 Å². The smallest absolute Gasteiger partial charge is 0.307 e. The van der Waals surface area contributed by atoms with Crippen molar-refractivity contribution in [2.45, 2.75) is 32.5 Å². The molecule has 3 rings (SSSR count). The fourth-order valence-electron chi connectivity index (χ4n) is 3.12. The van der Waals surface area contributed by atoms with Crippen LogP contribution in [0.3, 0.4) is 0 Å². The summed E-state index contributed by atoms with van der Waals surface area (Å²) in [6.45, 7) is 3.14. The molecule has 0 saturated heterocycles. The molecule has 1 atom stereocenters. The summed E-state index contributed by atoms with van der Waals surface area (Å²) in [6.07, 6.45) is 0.170. The Morgan fingerprint density at radius 3 is 2.43 bits per heavy atom. The molecule has 3 aromatic carbocycles. The molecule has 0 aliphatic heterocycles. The maximum absolute atomic E-state index is 13.3. The normalized spacial score (nSPS) is 11.7. The number of hydrogen-bond acceptors (Lipinski definition) is 4. The maximum atomic E-state index is 13.3. The van der Waals surface area contributed by atoms with Crippen molar-refractivity contribution in [2.75, 3.05) is 6.61 Å². The minimum absolute atomic E-state index is 0.170. The molecule has 0 amide bonds. The van der Waals surface area contributed by atoms with Crippen LogP contribution in [0.15, 0.2) is 78.9 Å². The SMILES string of the molecule is CCOC(=O)CC(NCc1cccc(OCc2ccccc2)c1)c1ccc(F)cc1. The van der Waals surface area contributed by atoms with Gasteiger partial charge >= 0.3 is 5.97 Å². The van der Waals surface area contributed by atoms with Crippen molar-refractivity contribution in [2.24, 2.45) is 0 Å². The average molecular weight is 407 g/mol. The molecule has 0 aromatic heterocycles. The first kappa shape index (κ1) is 21.5. The van der Waals surface area contributed by atoms with Gasteiger partial charge in [-0.05, 0) is 47.9 Å². The third-order valence-corrected chi connectivity index (χ3v) is 4.65. The van der Waals surface area contributed by atoms with Crippen LogP contribution < -0.4 is 10.1 Å². The number of nitrogens with one attached hydrogen (secondary N) is 1. The number of carbonyl (C=O) groups excluding carboxylic acids is 1. The van der Waals surface area contributed by atoms with Gasteiger partial charge in [-0.25, -0.2) is 4.39 Å². The van der Waals surface area contributed by atoms with Gasteiger partial charge in [0.15, 0.2) is 0 Å². The van der Waals surface area contributed by atoms with Crippen LogP contribution in [0.2, 0.25) is 0 Å². The maximum Gasteiger partial charge on any atom is 0.307 e. The highest BCUT2D eigenvalue weighted by molar-refractivity contribution is 5.70. The number of hydrogen-bond donors (Lipinski definition) is 1. The predicted molar refractivity (Wildman–Crippen MR) is 114 cm³/mol. The van der Waals surface area contributed by atoms with E-state index in [-0.39, 0.29) is 24.2 Å². The Balaban J connectivity index is 1.63. The second-order valence-electron chi connectivity index (χ2n) is 6.92. The van der Waals surface area contributed by atoms with Crippen molar-refractivity contribution in [3.8, 4) is 5.75 Å². The summed E-state index contributed by atoms with van der Waals surface area (Å²) >= 11 is 0. The van der Waals surface area contributed by atoms with E-state index in [1.165, 1.54) is 12.1 Å². The second-order valence-corrected chi connectivity index (χ2v) is 6.92. The molecule has 0 aliphatic carbocycles. The van der Waals surface area contributed by atoms with E-state index in [4.69, 9.17) is 9.47 Å². The molecule has 4 nitrogen and oxygen atoms in total. The van der Waals surface area contributed by atoms with E-state index in [0.29, 0.717) is 19.8 Å². The first-order valence-corrected chi connectivity index (χ1v) is 10.0. The van der Waals surface area contributed by atoms with E-state index in [9.17, 15) is 9.18 Å². The molecule has 0 aliphatic rings. The highest BCUT2D eigenvalue weighted by atomic mass is 19.1. The second kappa shape index (κ2) is 11.1. The molecular formula is C25H26FNO3. The molecule has 0 radical (unpaired) electrons. The van der Waals surface area contributed by atoms with Crippen molar-refractivity contribution < 1.29 is 18.7 Å². The Labute approximate surface area is 176 Å². The number of carbonyl (C=O) groups is 1. The van der Waals surface area contributed by atoms with Crippen molar-refractivity contribution >= 4 is 5.97 Å². The van der Waals surface area contributed by atoms with Gasteiger partial charge in [-0.2, -0.15) is 0 Å². The van der Waals surface area contributed by atoms with E-state index in [2.05, 4.69) is 5.32 Å². The van der Waals surface area contributed by atoms with Gasteiger partial charge in [-0.1, -0.05) is 54.6 Å². The van der Waals surface area contributed by atoms with Crippen LogP contribution >= 0.6 is 0 Å². The summed E-state index contributed by atoms with van der Waals surface area (Å²) in [6, 6.07) is 23.7. The Morgan fingerprint density at radius 1 is 0.967 bits per heavy atom. The van der Waals surface area contributed by atoms with Gasteiger partial charge in [0.1, 0.15) is 18.2 Å². The lowest BCUT2D eigenvalue weighted by Gasteiger charge is -2.19. The predicted octanol–water partition coefficient (Wildman–Crippen LogP) is 5.19. The summed E-state index contributed by atoms with van der Waals surface area (Å²) in [7, 11) is 0. The lowest BCUT2D eigenvalue weighted by atomic mass is 10.0. The molecule has 1 unspecified atom stereocenters. The minimum Gasteiger partial charge on any atom is -0.489 e. The highest BCUT2D eigenvalue weighted by Gasteiger charge is 2.17. The first-order valence-electron chi connectivity index (χ1n) is 10.0. The van der Waals surface area contributed by atoms with Crippen molar-refractivity contribution in [3.63, 3.8) is 0 Å². The summed E-state index contributed by atoms with van der Waals surface area (Å²) < 4.78 is 24.3. The van der Waals surface area contributed by atoms with Gasteiger partial charge in [0.25, 0.3) is 0 Å². The Hall–Kier alpha value is -3.18. The molecule has 1 N–H and O–H groups in total. The Bertz CT molecular complexity index is 929. The van der Waals surface area contributed by atoms with Crippen LogP contribution in [0.4, 0.5) is 4.39 Å². The van der Waals surface area contributed by atoms with Crippen LogP contribution in [-0.2, 0) is 22.7 Å². The molecule has 0 fully saturated rings. The summed E-state index contributed by atoms with van der Waals surface area (Å²) in [4.78, 5) is 12.0. The summed E-state index contributed by atoms with van der Waals surface area (Å²) in [5.41, 5.74) is 2.96. The van der Waals surface area contributed by atoms with E-state index < -0.39 is 0 Å². The van der Waals surface area contributed by atoms with E-state index in [1.54, 1.807) is 19.1 Å². The fourth-order valence-corrected chi connectivity index (χ4v) is 3.12. The van der Waals surface area contributed by atoms with Crippen LogP contribution in [0.1, 0.15) is 36.1 Å². The molecule has 0 bridgehead atoms. The summed E-state index contributed by atoms with van der Waals surface area (Å²) in [5, 5.41) is 3.38. The zero-order chi connectivity index (χ0) is 21.2. The highest BCUT2D eigenvalue weighted by Crippen LogP contribution is 2.20. The van der Waals surface area contributed by atoms with Crippen molar-refractivity contribution in [1.29, 1.82) is 0 Å². The number of halogens is 1. The molecular weight excluding hydrogens is 381 g/mol. The van der Waals surface area contributed by atoms with Gasteiger partial charge in [0.05, 0.1) is 13.0 Å². The van der Waals surface area contributed by atoms with Gasteiger partial charge in [-0.3, -0.25) is 4.79 Å². The number of ether oxygens (including phenoxy) is 2. The third-order valence-electron chi connectivity index (χ3n) is 4.65. The Morgan fingerprint density at radius 2 is 1.70 bits per heavy atom. The minimum atomic E-state index is -0.308. The van der Waals surface area contributed by atoms with E-state index >= 15 is 0 Å². The largest absolute Gasteiger partial charge is 0.489 e. The number of esters is 1. The molecule has 156 valence electrons. The number of rotatable bonds is 10. The quantitative estimate of drug-likeness (QED) is 0.470. The first-order chi connectivity index (χ1) is 14.6. The third kappa shape index (κ3) is 6.71. The topological polar surface area (TPSA) is 47.6 Å². The van der Waals surface area contributed by atoms with Gasteiger partial charge in [0, 0.05) is 12.6 Å². The van der Waals surface area contributed by atoms with Crippen molar-refractivity contribution in [3.05, 3.63) is 101 Å². The molecule has 0 heterocycles. The summed E-state index contributed by atoms with van der Waals surface area (Å²) in [5.74, 6) is 0.179. The number of benzene rings is 3. The lowest BCUT2D eigenvalue weighted by molar-refractivity contribution is -0.143. The lowest BCUT2D eigenvalue weighted by Crippen LogP contribution is -2.24. The van der Waals surface area contributed by atoms with Gasteiger partial charge < -0.3 is 14.8 Å². The van der Waals surface area contributed by atoms with Crippen LogP contribution in [0, 0.1) is 5.82 Å².